The average molecular weight is 469 g/mol. The van der Waals surface area contributed by atoms with Gasteiger partial charge < -0.3 is 9.67 Å². The third kappa shape index (κ3) is 5.18. The van der Waals surface area contributed by atoms with Crippen molar-refractivity contribution in [1.29, 1.82) is 0 Å². The third-order valence-corrected chi connectivity index (χ3v) is 5.75. The van der Waals surface area contributed by atoms with Crippen LogP contribution < -0.4 is 5.43 Å². The predicted octanol–water partition coefficient (Wildman–Crippen LogP) is 4.85. The van der Waals surface area contributed by atoms with E-state index in [2.05, 4.69) is 15.1 Å². The number of hydrogen-bond acceptors (Lipinski definition) is 5. The highest BCUT2D eigenvalue weighted by Gasteiger charge is 2.16. The van der Waals surface area contributed by atoms with Crippen LogP contribution in [0, 0.1) is 24.0 Å². The smallest absolute Gasteiger partial charge is 0.273 e. The Labute approximate surface area is 202 Å². The van der Waals surface area contributed by atoms with Crippen LogP contribution in [-0.4, -0.2) is 26.7 Å². The Bertz CT molecular complexity index is 1380. The number of rotatable bonds is 7. The van der Waals surface area contributed by atoms with Crippen LogP contribution in [0.25, 0.3) is 16.8 Å². The van der Waals surface area contributed by atoms with Crippen LogP contribution in [0.2, 0.25) is 0 Å². The van der Waals surface area contributed by atoms with E-state index in [1.165, 1.54) is 12.1 Å². The number of benzene rings is 3. The highest BCUT2D eigenvalue weighted by Crippen LogP contribution is 2.26. The molecule has 0 spiro atoms. The first-order chi connectivity index (χ1) is 16.8. The molecule has 0 fully saturated rings. The first-order valence-electron chi connectivity index (χ1n) is 11.0. The van der Waals surface area contributed by atoms with E-state index in [-0.39, 0.29) is 5.69 Å². The van der Waals surface area contributed by atoms with Gasteiger partial charge in [-0.1, -0.05) is 42.5 Å². The summed E-state index contributed by atoms with van der Waals surface area (Å²) in [6, 6.07) is 25.0. The molecule has 35 heavy (non-hydrogen) atoms. The fraction of sp³-hybridized carbons (Fsp3) is 0.111. The molecule has 4 aromatic rings. The van der Waals surface area contributed by atoms with Crippen molar-refractivity contribution in [2.24, 2.45) is 5.10 Å². The summed E-state index contributed by atoms with van der Waals surface area (Å²) in [4.78, 5) is 22.7. The first kappa shape index (κ1) is 23.6. The van der Waals surface area contributed by atoms with Crippen LogP contribution in [0.1, 0.15) is 28.6 Å². The van der Waals surface area contributed by atoms with Gasteiger partial charge in [-0.05, 0) is 60.9 Å². The molecule has 0 bridgehead atoms. The van der Waals surface area contributed by atoms with E-state index in [1.54, 1.807) is 42.6 Å². The normalized spacial score (nSPS) is 12.0. The molecule has 8 heteroatoms. The number of nitro groups is 1. The van der Waals surface area contributed by atoms with Crippen LogP contribution in [0.4, 0.5) is 5.69 Å². The number of hydrazone groups is 1. The van der Waals surface area contributed by atoms with Crippen LogP contribution in [-0.2, 0) is 4.79 Å². The van der Waals surface area contributed by atoms with Gasteiger partial charge in [0.25, 0.3) is 11.6 Å². The van der Waals surface area contributed by atoms with Gasteiger partial charge in [0, 0.05) is 34.8 Å². The molecule has 1 atom stereocenters. The second-order valence-electron chi connectivity index (χ2n) is 8.06. The minimum Gasteiger partial charge on any atom is -0.378 e. The second kappa shape index (κ2) is 10.1. The third-order valence-electron chi connectivity index (χ3n) is 5.75. The number of aromatic nitrogens is 1. The molecule has 1 heterocycles. The molecule has 4 rings (SSSR count). The molecular formula is C27H24N4O4. The number of nitrogens with zero attached hydrogens (tertiary/aromatic N) is 3. The number of aryl methyl sites for hydroxylation is 1. The number of carbonyl (C=O) groups excluding carboxylic acids is 1. The average Bonchev–Trinajstić information content (AvgIpc) is 3.16. The van der Waals surface area contributed by atoms with Crippen molar-refractivity contribution < 1.29 is 14.8 Å². The highest BCUT2D eigenvalue weighted by molar-refractivity contribution is 5.86. The monoisotopic (exact) mass is 468 g/mol. The van der Waals surface area contributed by atoms with E-state index in [0.717, 1.165) is 33.8 Å². The molecule has 1 amide bonds. The Kier molecular flexibility index (Phi) is 6.84. The maximum Gasteiger partial charge on any atom is 0.273 e. The first-order valence-corrected chi connectivity index (χ1v) is 11.0. The Hall–Kier alpha value is -4.56. The molecule has 0 aliphatic rings. The second-order valence-corrected chi connectivity index (χ2v) is 8.06. The molecule has 2 N–H and O–H groups in total. The zero-order valence-electron chi connectivity index (χ0n) is 19.3. The number of non-ortho nitro benzene ring substituents is 1. The molecule has 0 radical (unpaired) electrons. The molecule has 0 aliphatic carbocycles. The van der Waals surface area contributed by atoms with Crippen molar-refractivity contribution in [2.75, 3.05) is 0 Å². The summed E-state index contributed by atoms with van der Waals surface area (Å²) in [5.41, 5.74) is 8.50. The van der Waals surface area contributed by atoms with Crippen molar-refractivity contribution in [3.05, 3.63) is 118 Å². The predicted molar refractivity (Wildman–Crippen MR) is 134 cm³/mol. The lowest BCUT2D eigenvalue weighted by atomic mass is 10.0. The number of amides is 1. The number of carbonyl (C=O) groups is 1. The van der Waals surface area contributed by atoms with Crippen molar-refractivity contribution in [3.63, 3.8) is 0 Å². The quantitative estimate of drug-likeness (QED) is 0.229. The number of aliphatic hydroxyl groups excluding tert-OH is 1. The molecule has 0 unspecified atom stereocenters. The van der Waals surface area contributed by atoms with Gasteiger partial charge in [-0.3, -0.25) is 14.9 Å². The largest absolute Gasteiger partial charge is 0.378 e. The summed E-state index contributed by atoms with van der Waals surface area (Å²) in [5.74, 6) is -0.608. The maximum atomic E-state index is 12.2. The molecule has 8 nitrogen and oxygen atoms in total. The zero-order chi connectivity index (χ0) is 24.9. The molecule has 1 aromatic heterocycles. The number of nitrogens with one attached hydrogen (secondary N) is 1. The van der Waals surface area contributed by atoms with Gasteiger partial charge >= 0.3 is 0 Å². The van der Waals surface area contributed by atoms with Crippen LogP contribution >= 0.6 is 0 Å². The van der Waals surface area contributed by atoms with Gasteiger partial charge in [-0.25, -0.2) is 5.43 Å². The lowest BCUT2D eigenvalue weighted by molar-refractivity contribution is -0.384. The molecule has 176 valence electrons. The summed E-state index contributed by atoms with van der Waals surface area (Å²) < 4.78 is 2.07. The Morgan fingerprint density at radius 2 is 1.60 bits per heavy atom. The van der Waals surface area contributed by atoms with E-state index in [0.29, 0.717) is 5.56 Å². The van der Waals surface area contributed by atoms with Gasteiger partial charge in [0.1, 0.15) is 0 Å². The van der Waals surface area contributed by atoms with E-state index >= 15 is 0 Å². The zero-order valence-corrected chi connectivity index (χ0v) is 19.3. The molecule has 3 aromatic carbocycles. The summed E-state index contributed by atoms with van der Waals surface area (Å²) in [5, 5.41) is 25.1. The van der Waals surface area contributed by atoms with Gasteiger partial charge in [-0.15, -0.1) is 0 Å². The minimum absolute atomic E-state index is 0.0592. The maximum absolute atomic E-state index is 12.2. The fourth-order valence-electron chi connectivity index (χ4n) is 3.91. The molecule has 0 saturated carbocycles. The van der Waals surface area contributed by atoms with Crippen molar-refractivity contribution >= 4 is 17.8 Å². The number of hydrogen-bond donors (Lipinski definition) is 2. The van der Waals surface area contributed by atoms with Crippen molar-refractivity contribution in [3.8, 4) is 16.8 Å². The topological polar surface area (TPSA) is 110 Å². The summed E-state index contributed by atoms with van der Waals surface area (Å²) >= 11 is 0. The van der Waals surface area contributed by atoms with Gasteiger partial charge in [-0.2, -0.15) is 5.10 Å². The minimum atomic E-state index is -1.30. The summed E-state index contributed by atoms with van der Waals surface area (Å²) in [7, 11) is 0. The fourth-order valence-corrected chi connectivity index (χ4v) is 3.91. The van der Waals surface area contributed by atoms with Crippen LogP contribution in [0.5, 0.6) is 0 Å². The van der Waals surface area contributed by atoms with E-state index in [4.69, 9.17) is 0 Å². The van der Waals surface area contributed by atoms with Gasteiger partial charge in [0.05, 0.1) is 11.1 Å². The highest BCUT2D eigenvalue weighted by atomic mass is 16.6. The van der Waals surface area contributed by atoms with E-state index < -0.39 is 16.9 Å². The number of nitro benzene ring substituents is 1. The molecule has 0 aliphatic heterocycles. The Morgan fingerprint density at radius 1 is 1.00 bits per heavy atom. The number of aliphatic hydroxyl groups is 1. The van der Waals surface area contributed by atoms with Crippen LogP contribution in [0.15, 0.2) is 90.0 Å². The van der Waals surface area contributed by atoms with Crippen LogP contribution in [0.3, 0.4) is 0 Å². The van der Waals surface area contributed by atoms with Gasteiger partial charge in [0.2, 0.25) is 0 Å². The Balaban J connectivity index is 1.48. The SMILES string of the molecule is Cc1cc(/C=N\NC(=O)[C@@H](O)c2ccccc2)c(C)n1-c1ccc(-c2ccc([N+](=O)[O-])cc2)cc1. The van der Waals surface area contributed by atoms with Gasteiger partial charge in [0.15, 0.2) is 6.10 Å². The molecular weight excluding hydrogens is 444 g/mol. The van der Waals surface area contributed by atoms with E-state index in [1.807, 2.05) is 50.2 Å². The Morgan fingerprint density at radius 3 is 2.20 bits per heavy atom. The van der Waals surface area contributed by atoms with Crippen molar-refractivity contribution in [1.82, 2.24) is 9.99 Å². The van der Waals surface area contributed by atoms with Crippen molar-refractivity contribution in [2.45, 2.75) is 20.0 Å². The lowest BCUT2D eigenvalue weighted by Gasteiger charge is -2.11. The summed E-state index contributed by atoms with van der Waals surface area (Å²) in [6.07, 6.45) is 0.259. The summed E-state index contributed by atoms with van der Waals surface area (Å²) in [6.45, 7) is 3.94. The van der Waals surface area contributed by atoms with E-state index in [9.17, 15) is 20.0 Å². The lowest BCUT2D eigenvalue weighted by Crippen LogP contribution is -2.25. The molecule has 0 saturated heterocycles. The standard InChI is InChI=1S/C27H24N4O4/c1-18-16-23(17-28-29-27(33)26(32)22-6-4-3-5-7-22)19(2)30(18)24-12-8-20(9-13-24)21-10-14-25(15-11-21)31(34)35/h3-17,26,32H,1-2H3,(H,29,33)/b28-17-/t26-/m0/s1.